The van der Waals surface area contributed by atoms with Crippen LogP contribution >= 0.6 is 12.2 Å². The average Bonchev–Trinajstić information content (AvgIpc) is 2.46. The molecule has 1 aromatic heterocycles. The van der Waals surface area contributed by atoms with Gasteiger partial charge in [-0.1, -0.05) is 6.07 Å². The van der Waals surface area contributed by atoms with Gasteiger partial charge in [-0.2, -0.15) is 14.9 Å². The Morgan fingerprint density at radius 3 is 2.85 bits per heavy atom. The molecule has 20 heavy (non-hydrogen) atoms. The Balaban J connectivity index is 2.47. The summed E-state index contributed by atoms with van der Waals surface area (Å²) in [5.41, 5.74) is 0.233. The minimum absolute atomic E-state index is 0.107. The van der Waals surface area contributed by atoms with E-state index in [2.05, 4.69) is 15.3 Å². The van der Waals surface area contributed by atoms with Crippen LogP contribution < -0.4 is 15.0 Å². The summed E-state index contributed by atoms with van der Waals surface area (Å²) >= 11 is 4.94. The summed E-state index contributed by atoms with van der Waals surface area (Å²) in [7, 11) is 3.07. The van der Waals surface area contributed by atoms with Crippen molar-refractivity contribution in [2.75, 3.05) is 14.2 Å². The van der Waals surface area contributed by atoms with Crippen LogP contribution in [-0.2, 0) is 0 Å². The molecule has 7 nitrogen and oxygen atoms in total. The van der Waals surface area contributed by atoms with Crippen molar-refractivity contribution in [1.82, 2.24) is 14.9 Å². The van der Waals surface area contributed by atoms with Crippen LogP contribution in [0.4, 0.5) is 0 Å². The number of methoxy groups -OCH3 is 2. The van der Waals surface area contributed by atoms with E-state index in [0.29, 0.717) is 17.1 Å². The number of para-hydroxylation sites is 1. The maximum absolute atomic E-state index is 11.6. The lowest BCUT2D eigenvalue weighted by Crippen LogP contribution is -2.18. The van der Waals surface area contributed by atoms with Crippen molar-refractivity contribution >= 4 is 18.4 Å². The fraction of sp³-hybridized carbons (Fsp3) is 0.167. The molecule has 0 saturated carbocycles. The quantitative estimate of drug-likeness (QED) is 0.676. The van der Waals surface area contributed by atoms with Crippen molar-refractivity contribution in [1.29, 1.82) is 0 Å². The number of rotatable bonds is 4. The van der Waals surface area contributed by atoms with Crippen LogP contribution in [0.5, 0.6) is 11.5 Å². The first-order valence-electron chi connectivity index (χ1n) is 5.59. The summed E-state index contributed by atoms with van der Waals surface area (Å²) < 4.78 is 11.6. The summed E-state index contributed by atoms with van der Waals surface area (Å²) in [5.74, 6) is 1.10. The summed E-state index contributed by atoms with van der Waals surface area (Å²) in [6.07, 6.45) is 2.56. The third kappa shape index (κ3) is 2.75. The summed E-state index contributed by atoms with van der Waals surface area (Å²) in [5, 5.41) is 10.1. The SMILES string of the molecule is COc1cccc(/C=N/n2c(=O)cn[nH]c2=S)c1OC. The molecule has 0 aliphatic heterocycles. The monoisotopic (exact) mass is 292 g/mol. The van der Waals surface area contributed by atoms with Gasteiger partial charge in [0.15, 0.2) is 11.5 Å². The van der Waals surface area contributed by atoms with Gasteiger partial charge in [-0.15, -0.1) is 0 Å². The number of aromatic amines is 1. The Bertz CT molecular complexity index is 723. The largest absolute Gasteiger partial charge is 0.493 e. The Labute approximate surface area is 119 Å². The van der Waals surface area contributed by atoms with E-state index < -0.39 is 5.56 Å². The van der Waals surface area contributed by atoms with Crippen LogP contribution in [0.15, 0.2) is 34.3 Å². The molecule has 0 amide bonds. The van der Waals surface area contributed by atoms with Gasteiger partial charge in [-0.05, 0) is 24.4 Å². The van der Waals surface area contributed by atoms with E-state index in [1.807, 2.05) is 0 Å². The van der Waals surface area contributed by atoms with Gasteiger partial charge in [0.05, 0.1) is 20.4 Å². The molecule has 2 rings (SSSR count). The van der Waals surface area contributed by atoms with Crippen molar-refractivity contribution < 1.29 is 9.47 Å². The Hall–Kier alpha value is -2.48. The third-order valence-corrected chi connectivity index (χ3v) is 2.75. The molecule has 0 unspecified atom stereocenters. The number of H-pyrrole nitrogens is 1. The van der Waals surface area contributed by atoms with Gasteiger partial charge in [-0.3, -0.25) is 9.89 Å². The van der Waals surface area contributed by atoms with Crippen LogP contribution in [-0.4, -0.2) is 35.3 Å². The minimum Gasteiger partial charge on any atom is -0.493 e. The van der Waals surface area contributed by atoms with Crippen molar-refractivity contribution in [3.05, 3.63) is 45.1 Å². The first kappa shape index (κ1) is 13.9. The van der Waals surface area contributed by atoms with Crippen LogP contribution in [0.3, 0.4) is 0 Å². The number of hydrogen-bond donors (Lipinski definition) is 1. The van der Waals surface area contributed by atoms with E-state index in [1.54, 1.807) is 25.3 Å². The molecular weight excluding hydrogens is 280 g/mol. The third-order valence-electron chi connectivity index (χ3n) is 2.48. The summed E-state index contributed by atoms with van der Waals surface area (Å²) in [4.78, 5) is 11.6. The normalized spacial score (nSPS) is 10.7. The number of benzene rings is 1. The predicted octanol–water partition coefficient (Wildman–Crippen LogP) is 1.20. The highest BCUT2D eigenvalue weighted by Gasteiger charge is 2.07. The van der Waals surface area contributed by atoms with Gasteiger partial charge in [-0.25, -0.2) is 0 Å². The Kier molecular flexibility index (Phi) is 4.26. The summed E-state index contributed by atoms with van der Waals surface area (Å²) in [6.45, 7) is 0. The van der Waals surface area contributed by atoms with E-state index in [0.717, 1.165) is 10.9 Å². The molecule has 0 saturated heterocycles. The zero-order valence-electron chi connectivity index (χ0n) is 10.9. The molecule has 1 aromatic carbocycles. The van der Waals surface area contributed by atoms with E-state index in [4.69, 9.17) is 21.7 Å². The fourth-order valence-electron chi connectivity index (χ4n) is 1.59. The molecule has 1 heterocycles. The molecule has 0 fully saturated rings. The molecular formula is C12H12N4O3S. The average molecular weight is 292 g/mol. The second kappa shape index (κ2) is 6.11. The first-order valence-corrected chi connectivity index (χ1v) is 6.00. The van der Waals surface area contributed by atoms with E-state index >= 15 is 0 Å². The lowest BCUT2D eigenvalue weighted by atomic mass is 10.2. The van der Waals surface area contributed by atoms with Gasteiger partial charge in [0.2, 0.25) is 4.77 Å². The second-order valence-corrected chi connectivity index (χ2v) is 4.04. The topological polar surface area (TPSA) is 81.5 Å². The van der Waals surface area contributed by atoms with Crippen molar-refractivity contribution in [2.24, 2.45) is 5.10 Å². The molecule has 0 aliphatic carbocycles. The lowest BCUT2D eigenvalue weighted by molar-refractivity contribution is 0.354. The van der Waals surface area contributed by atoms with Gasteiger partial charge in [0.25, 0.3) is 5.56 Å². The first-order chi connectivity index (χ1) is 9.67. The van der Waals surface area contributed by atoms with Crippen molar-refractivity contribution in [2.45, 2.75) is 0 Å². The number of nitrogens with one attached hydrogen (secondary N) is 1. The van der Waals surface area contributed by atoms with E-state index in [9.17, 15) is 4.79 Å². The van der Waals surface area contributed by atoms with Crippen LogP contribution in [0.2, 0.25) is 0 Å². The number of ether oxygens (including phenoxy) is 2. The van der Waals surface area contributed by atoms with E-state index in [1.165, 1.54) is 13.3 Å². The zero-order valence-corrected chi connectivity index (χ0v) is 11.7. The smallest absolute Gasteiger partial charge is 0.293 e. The molecule has 1 N–H and O–H groups in total. The molecule has 8 heteroatoms. The molecule has 0 bridgehead atoms. The molecule has 0 radical (unpaired) electrons. The van der Waals surface area contributed by atoms with Crippen molar-refractivity contribution in [3.8, 4) is 11.5 Å². The van der Waals surface area contributed by atoms with Gasteiger partial charge in [0, 0.05) is 5.56 Å². The van der Waals surface area contributed by atoms with Crippen LogP contribution in [0.25, 0.3) is 0 Å². The molecule has 104 valence electrons. The highest BCUT2D eigenvalue weighted by atomic mass is 32.1. The fourth-order valence-corrected chi connectivity index (χ4v) is 1.78. The number of nitrogens with zero attached hydrogens (tertiary/aromatic N) is 3. The lowest BCUT2D eigenvalue weighted by Gasteiger charge is -2.09. The number of aromatic nitrogens is 3. The van der Waals surface area contributed by atoms with Gasteiger partial charge in [0.1, 0.15) is 6.20 Å². The van der Waals surface area contributed by atoms with Crippen LogP contribution in [0.1, 0.15) is 5.56 Å². The maximum Gasteiger partial charge on any atom is 0.293 e. The van der Waals surface area contributed by atoms with E-state index in [-0.39, 0.29) is 4.77 Å². The maximum atomic E-state index is 11.6. The molecule has 0 aliphatic rings. The van der Waals surface area contributed by atoms with Crippen LogP contribution in [0, 0.1) is 4.77 Å². The molecule has 0 spiro atoms. The predicted molar refractivity (Wildman–Crippen MR) is 76.2 cm³/mol. The Morgan fingerprint density at radius 1 is 1.40 bits per heavy atom. The summed E-state index contributed by atoms with van der Waals surface area (Å²) in [6, 6.07) is 5.34. The highest BCUT2D eigenvalue weighted by molar-refractivity contribution is 7.71. The van der Waals surface area contributed by atoms with Gasteiger partial charge < -0.3 is 9.47 Å². The molecule has 2 aromatic rings. The molecule has 0 atom stereocenters. The zero-order chi connectivity index (χ0) is 14.5. The standard InChI is InChI=1S/C12H12N4O3S/c1-18-9-5-3-4-8(11(9)19-2)6-14-16-10(17)7-13-15-12(16)20/h3-7H,1-2H3,(H,15,20)/b14-6+. The Morgan fingerprint density at radius 2 is 2.20 bits per heavy atom. The highest BCUT2D eigenvalue weighted by Crippen LogP contribution is 2.29. The second-order valence-electron chi connectivity index (χ2n) is 3.65. The minimum atomic E-state index is -0.424. The number of hydrogen-bond acceptors (Lipinski definition) is 6. The van der Waals surface area contributed by atoms with Gasteiger partial charge >= 0.3 is 0 Å². The van der Waals surface area contributed by atoms with Crippen molar-refractivity contribution in [3.63, 3.8) is 0 Å².